The number of fused-ring (bicyclic) bond motifs is 1. The third-order valence-corrected chi connectivity index (χ3v) is 5.13. The number of alkyl halides is 3. The van der Waals surface area contributed by atoms with Gasteiger partial charge in [0.15, 0.2) is 5.82 Å². The summed E-state index contributed by atoms with van der Waals surface area (Å²) >= 11 is 6.24. The van der Waals surface area contributed by atoms with Crippen molar-refractivity contribution >= 4 is 28.7 Å². The summed E-state index contributed by atoms with van der Waals surface area (Å²) in [7, 11) is 0. The molecule has 0 bridgehead atoms. The molecule has 0 fully saturated rings. The molecule has 0 spiro atoms. The molecule has 1 aromatic heterocycles. The van der Waals surface area contributed by atoms with Crippen LogP contribution in [-0.2, 0) is 6.18 Å². The summed E-state index contributed by atoms with van der Waals surface area (Å²) in [5.41, 5.74) is -0.388. The lowest BCUT2D eigenvalue weighted by atomic mass is 10.1. The summed E-state index contributed by atoms with van der Waals surface area (Å²) in [5, 5.41) is 4.85. The minimum absolute atomic E-state index is 0.0249. The zero-order valence-corrected chi connectivity index (χ0v) is 18.3. The minimum atomic E-state index is -4.55. The molecule has 5 nitrogen and oxygen atoms in total. The number of aromatic nitrogens is 2. The first-order chi connectivity index (χ1) is 16.3. The van der Waals surface area contributed by atoms with Crippen molar-refractivity contribution in [3.05, 3.63) is 106 Å². The average molecular weight is 484 g/mol. The molecule has 0 saturated carbocycles. The summed E-state index contributed by atoms with van der Waals surface area (Å²) in [4.78, 5) is 17.6. The molecule has 0 radical (unpaired) electrons. The van der Waals surface area contributed by atoms with E-state index in [-0.39, 0.29) is 23.4 Å². The molecule has 34 heavy (non-hydrogen) atoms. The van der Waals surface area contributed by atoms with Crippen LogP contribution in [-0.4, -0.2) is 22.5 Å². The highest BCUT2D eigenvalue weighted by Gasteiger charge is 2.30. The number of halogens is 4. The van der Waals surface area contributed by atoms with Crippen molar-refractivity contribution < 1.29 is 17.9 Å². The molecule has 0 aliphatic heterocycles. The van der Waals surface area contributed by atoms with Gasteiger partial charge in [-0.05, 0) is 48.0 Å². The van der Waals surface area contributed by atoms with Crippen LogP contribution in [0.15, 0.2) is 89.3 Å². The van der Waals surface area contributed by atoms with Gasteiger partial charge in [-0.15, -0.1) is 0 Å². The standard InChI is InChI=1S/C25H17ClF3N3O2/c1-2-12-34-22-11-10-16(13-20(22)26)15-30-32-23(17-6-5-7-18(14-17)25(27,28)29)31-21-9-4-3-8-19(21)24(32)33/h2-11,13-15H,1,12H2. The Bertz CT molecular complexity index is 1460. The summed E-state index contributed by atoms with van der Waals surface area (Å²) < 4.78 is 46.3. The molecular weight excluding hydrogens is 467 g/mol. The van der Waals surface area contributed by atoms with Gasteiger partial charge in [0, 0.05) is 5.56 Å². The molecule has 9 heteroatoms. The van der Waals surface area contributed by atoms with Crippen LogP contribution in [0.3, 0.4) is 0 Å². The Labute approximate surface area is 197 Å². The van der Waals surface area contributed by atoms with Gasteiger partial charge in [0.05, 0.1) is 27.7 Å². The predicted molar refractivity (Wildman–Crippen MR) is 127 cm³/mol. The molecule has 4 rings (SSSR count). The Kier molecular flexibility index (Phi) is 6.51. The zero-order valence-electron chi connectivity index (χ0n) is 17.6. The number of hydrogen-bond acceptors (Lipinski definition) is 4. The highest BCUT2D eigenvalue weighted by Crippen LogP contribution is 2.32. The normalized spacial score (nSPS) is 11.8. The van der Waals surface area contributed by atoms with Crippen molar-refractivity contribution in [1.29, 1.82) is 0 Å². The van der Waals surface area contributed by atoms with Crippen molar-refractivity contribution in [1.82, 2.24) is 9.66 Å². The monoisotopic (exact) mass is 483 g/mol. The van der Waals surface area contributed by atoms with Crippen molar-refractivity contribution in [3.63, 3.8) is 0 Å². The molecule has 0 amide bonds. The average Bonchev–Trinajstić information content (AvgIpc) is 2.82. The summed E-state index contributed by atoms with van der Waals surface area (Å²) in [6.45, 7) is 3.86. The Hall–Kier alpha value is -3.91. The van der Waals surface area contributed by atoms with E-state index in [0.29, 0.717) is 21.9 Å². The van der Waals surface area contributed by atoms with Crippen LogP contribution < -0.4 is 10.3 Å². The number of para-hydroxylation sites is 1. The van der Waals surface area contributed by atoms with E-state index in [2.05, 4.69) is 16.7 Å². The molecule has 0 unspecified atom stereocenters. The van der Waals surface area contributed by atoms with E-state index in [0.717, 1.165) is 16.8 Å². The lowest BCUT2D eigenvalue weighted by Gasteiger charge is -2.12. The van der Waals surface area contributed by atoms with E-state index in [1.807, 2.05) is 0 Å². The van der Waals surface area contributed by atoms with Gasteiger partial charge in [-0.3, -0.25) is 4.79 Å². The van der Waals surface area contributed by atoms with Crippen LogP contribution in [0.1, 0.15) is 11.1 Å². The molecule has 0 N–H and O–H groups in total. The Morgan fingerprint density at radius 1 is 1.09 bits per heavy atom. The fourth-order valence-corrected chi connectivity index (χ4v) is 3.48. The van der Waals surface area contributed by atoms with Crippen molar-refractivity contribution in [2.24, 2.45) is 5.10 Å². The SMILES string of the molecule is C=CCOc1ccc(C=Nn2c(-c3cccc(C(F)(F)F)c3)nc3ccccc3c2=O)cc1Cl. The van der Waals surface area contributed by atoms with Gasteiger partial charge >= 0.3 is 6.18 Å². The van der Waals surface area contributed by atoms with Gasteiger partial charge in [-0.1, -0.05) is 48.5 Å². The third-order valence-electron chi connectivity index (χ3n) is 4.84. The number of nitrogens with zero attached hydrogens (tertiary/aromatic N) is 3. The topological polar surface area (TPSA) is 56.5 Å². The first-order valence-electron chi connectivity index (χ1n) is 10.0. The highest BCUT2D eigenvalue weighted by molar-refractivity contribution is 6.32. The quantitative estimate of drug-likeness (QED) is 0.243. The molecule has 0 aliphatic carbocycles. The van der Waals surface area contributed by atoms with E-state index < -0.39 is 17.3 Å². The van der Waals surface area contributed by atoms with E-state index >= 15 is 0 Å². The molecule has 0 atom stereocenters. The molecule has 0 saturated heterocycles. The maximum atomic E-state index is 13.3. The summed E-state index contributed by atoms with van der Waals surface area (Å²) in [5.74, 6) is 0.427. The number of rotatable bonds is 6. The molecule has 1 heterocycles. The van der Waals surface area contributed by atoms with Crippen LogP contribution in [0.5, 0.6) is 5.75 Å². The Balaban J connectivity index is 1.84. The smallest absolute Gasteiger partial charge is 0.416 e. The molecule has 0 aliphatic rings. The molecular formula is C25H17ClF3N3O2. The largest absolute Gasteiger partial charge is 0.488 e. The van der Waals surface area contributed by atoms with Crippen LogP contribution in [0.4, 0.5) is 13.2 Å². The fourth-order valence-electron chi connectivity index (χ4n) is 3.24. The van der Waals surface area contributed by atoms with Crippen LogP contribution in [0.25, 0.3) is 22.3 Å². The van der Waals surface area contributed by atoms with Gasteiger partial charge in [0.25, 0.3) is 5.56 Å². The van der Waals surface area contributed by atoms with Gasteiger partial charge in [-0.2, -0.15) is 22.9 Å². The van der Waals surface area contributed by atoms with Gasteiger partial charge in [0.2, 0.25) is 0 Å². The fraction of sp³-hybridized carbons (Fsp3) is 0.0800. The highest BCUT2D eigenvalue weighted by atomic mass is 35.5. The maximum Gasteiger partial charge on any atom is 0.416 e. The first kappa shape index (κ1) is 23.3. The lowest BCUT2D eigenvalue weighted by Crippen LogP contribution is -2.20. The van der Waals surface area contributed by atoms with Crippen molar-refractivity contribution in [2.45, 2.75) is 6.18 Å². The zero-order chi connectivity index (χ0) is 24.3. The summed E-state index contributed by atoms with van der Waals surface area (Å²) in [6.07, 6.45) is -1.59. The Morgan fingerprint density at radius 2 is 1.88 bits per heavy atom. The van der Waals surface area contributed by atoms with Crippen LogP contribution in [0.2, 0.25) is 5.02 Å². The summed E-state index contributed by atoms with van der Waals surface area (Å²) in [6, 6.07) is 16.1. The second-order valence-electron chi connectivity index (χ2n) is 7.18. The maximum absolute atomic E-state index is 13.3. The molecule has 4 aromatic rings. The van der Waals surface area contributed by atoms with Gasteiger partial charge < -0.3 is 4.74 Å². The van der Waals surface area contributed by atoms with Gasteiger partial charge in [0.1, 0.15) is 12.4 Å². The lowest BCUT2D eigenvalue weighted by molar-refractivity contribution is -0.137. The third kappa shape index (κ3) is 4.87. The van der Waals surface area contributed by atoms with Crippen molar-refractivity contribution in [3.8, 4) is 17.1 Å². The van der Waals surface area contributed by atoms with Crippen LogP contribution >= 0.6 is 11.6 Å². The van der Waals surface area contributed by atoms with Crippen LogP contribution in [0, 0.1) is 0 Å². The van der Waals surface area contributed by atoms with E-state index in [9.17, 15) is 18.0 Å². The van der Waals surface area contributed by atoms with E-state index in [1.165, 1.54) is 18.3 Å². The minimum Gasteiger partial charge on any atom is -0.488 e. The predicted octanol–water partition coefficient (Wildman–Crippen LogP) is 6.18. The second kappa shape index (κ2) is 9.52. The molecule has 172 valence electrons. The van der Waals surface area contributed by atoms with E-state index in [4.69, 9.17) is 16.3 Å². The molecule has 3 aromatic carbocycles. The first-order valence-corrected chi connectivity index (χ1v) is 10.4. The second-order valence-corrected chi connectivity index (χ2v) is 7.59. The van der Waals surface area contributed by atoms with E-state index in [1.54, 1.807) is 48.5 Å². The van der Waals surface area contributed by atoms with Gasteiger partial charge in [-0.25, -0.2) is 4.98 Å². The number of hydrogen-bond donors (Lipinski definition) is 0. The number of benzene rings is 3. The van der Waals surface area contributed by atoms with Crippen molar-refractivity contribution in [2.75, 3.05) is 6.61 Å². The Morgan fingerprint density at radius 3 is 2.62 bits per heavy atom. The number of ether oxygens (including phenoxy) is 1.